The lowest BCUT2D eigenvalue weighted by molar-refractivity contribution is -0.141. The summed E-state index contributed by atoms with van der Waals surface area (Å²) in [5.41, 5.74) is -0.0723. The predicted octanol–water partition coefficient (Wildman–Crippen LogP) is 3.60. The number of rotatable bonds is 5. The number of hydrogen-bond donors (Lipinski definition) is 1. The van der Waals surface area contributed by atoms with Crippen LogP contribution in [0.4, 0.5) is 19.0 Å². The Morgan fingerprint density at radius 1 is 1.33 bits per heavy atom. The van der Waals surface area contributed by atoms with E-state index in [1.165, 1.54) is 4.57 Å². The predicted molar refractivity (Wildman–Crippen MR) is 92.0 cm³/mol. The Morgan fingerprint density at radius 3 is 2.67 bits per heavy atom. The maximum Gasteiger partial charge on any atom is 0.434 e. The molecule has 146 valence electrons. The van der Waals surface area contributed by atoms with Gasteiger partial charge in [-0.25, -0.2) is 9.97 Å². The lowest BCUT2D eigenvalue weighted by Crippen LogP contribution is -2.29. The fourth-order valence-corrected chi connectivity index (χ4v) is 3.07. The molecule has 2 aromatic heterocycles. The van der Waals surface area contributed by atoms with Crippen molar-refractivity contribution in [3.05, 3.63) is 42.1 Å². The summed E-state index contributed by atoms with van der Waals surface area (Å²) < 4.78 is 45.3. The molecular formula is C18H21F3N4O2. The number of halogens is 3. The highest BCUT2D eigenvalue weighted by Crippen LogP contribution is 2.31. The number of ether oxygens (including phenoxy) is 1. The second-order valence-corrected chi connectivity index (χ2v) is 6.72. The third-order valence-corrected chi connectivity index (χ3v) is 4.61. The number of imidazole rings is 1. The maximum absolute atomic E-state index is 12.9. The van der Waals surface area contributed by atoms with Crippen LogP contribution in [0.5, 0.6) is 0 Å². The molecule has 2 aromatic rings. The summed E-state index contributed by atoms with van der Waals surface area (Å²) in [5.74, 6) is 0.139. The van der Waals surface area contributed by atoms with E-state index in [2.05, 4.69) is 15.3 Å². The van der Waals surface area contributed by atoms with Gasteiger partial charge in [-0.05, 0) is 43.7 Å². The summed E-state index contributed by atoms with van der Waals surface area (Å²) in [6, 6.07) is 2.66. The van der Waals surface area contributed by atoms with Crippen molar-refractivity contribution in [3.8, 4) is 0 Å². The van der Waals surface area contributed by atoms with E-state index >= 15 is 0 Å². The van der Waals surface area contributed by atoms with E-state index in [1.807, 2.05) is 6.92 Å². The number of anilines is 1. The van der Waals surface area contributed by atoms with E-state index < -0.39 is 23.8 Å². The Morgan fingerprint density at radius 2 is 2.07 bits per heavy atom. The van der Waals surface area contributed by atoms with Crippen LogP contribution in [0.15, 0.2) is 30.9 Å². The van der Waals surface area contributed by atoms with E-state index in [0.717, 1.165) is 30.9 Å². The smallest absolute Gasteiger partial charge is 0.381 e. The third kappa shape index (κ3) is 5.06. The minimum atomic E-state index is -4.55. The van der Waals surface area contributed by atoms with Gasteiger partial charge in [-0.3, -0.25) is 4.79 Å². The van der Waals surface area contributed by atoms with Gasteiger partial charge in [0.2, 0.25) is 5.91 Å². The van der Waals surface area contributed by atoms with Crippen molar-refractivity contribution < 1.29 is 22.7 Å². The molecule has 0 aliphatic carbocycles. The molecule has 0 radical (unpaired) electrons. The standard InChI is InChI=1S/C18H21F3N4O2/c1-12-2-3-16(22-9-12)24-17(26)14(8-13-4-6-27-7-5-13)25-10-15(23-11-25)18(19,20)21/h2-3,9-11,13-14H,4-8H2,1H3,(H,22,24,26)/t14-/m0/s1. The Hall–Kier alpha value is -2.42. The normalized spacial score (nSPS) is 16.9. The quantitative estimate of drug-likeness (QED) is 0.858. The number of aryl methyl sites for hydroxylation is 1. The van der Waals surface area contributed by atoms with Gasteiger partial charge in [0.25, 0.3) is 0 Å². The highest BCUT2D eigenvalue weighted by atomic mass is 19.4. The molecule has 1 N–H and O–H groups in total. The van der Waals surface area contributed by atoms with Gasteiger partial charge in [-0.1, -0.05) is 6.07 Å². The topological polar surface area (TPSA) is 69.0 Å². The number of hydrogen-bond acceptors (Lipinski definition) is 4. The van der Waals surface area contributed by atoms with E-state index in [0.29, 0.717) is 25.5 Å². The molecule has 1 aliphatic heterocycles. The summed E-state index contributed by atoms with van der Waals surface area (Å²) >= 11 is 0. The van der Waals surface area contributed by atoms with E-state index in [-0.39, 0.29) is 5.92 Å². The molecular weight excluding hydrogens is 361 g/mol. The number of nitrogens with zero attached hydrogens (tertiary/aromatic N) is 3. The van der Waals surface area contributed by atoms with Gasteiger partial charge in [-0.2, -0.15) is 13.2 Å². The van der Waals surface area contributed by atoms with Gasteiger partial charge in [0.05, 0.1) is 6.33 Å². The van der Waals surface area contributed by atoms with Crippen molar-refractivity contribution in [2.75, 3.05) is 18.5 Å². The van der Waals surface area contributed by atoms with Crippen molar-refractivity contribution in [2.24, 2.45) is 5.92 Å². The molecule has 1 aliphatic rings. The zero-order valence-electron chi connectivity index (χ0n) is 14.9. The number of amides is 1. The molecule has 0 spiro atoms. The molecule has 3 heterocycles. The number of carbonyl (C=O) groups excluding carboxylic acids is 1. The largest absolute Gasteiger partial charge is 0.434 e. The first-order chi connectivity index (χ1) is 12.8. The highest BCUT2D eigenvalue weighted by Gasteiger charge is 2.35. The molecule has 6 nitrogen and oxygen atoms in total. The van der Waals surface area contributed by atoms with Crippen LogP contribution in [0.1, 0.15) is 36.6 Å². The maximum atomic E-state index is 12.9. The SMILES string of the molecule is Cc1ccc(NC(=O)[C@H](CC2CCOCC2)n2cnc(C(F)(F)F)c2)nc1. The van der Waals surface area contributed by atoms with Gasteiger partial charge in [-0.15, -0.1) is 0 Å². The third-order valence-electron chi connectivity index (χ3n) is 4.61. The first-order valence-corrected chi connectivity index (χ1v) is 8.75. The zero-order chi connectivity index (χ0) is 19.4. The van der Waals surface area contributed by atoms with Crippen molar-refractivity contribution >= 4 is 11.7 Å². The van der Waals surface area contributed by atoms with Gasteiger partial charge in [0.15, 0.2) is 5.69 Å². The Bertz CT molecular complexity index is 768. The van der Waals surface area contributed by atoms with Crippen LogP contribution in [-0.2, 0) is 15.7 Å². The number of alkyl halides is 3. The Labute approximate surface area is 154 Å². The van der Waals surface area contributed by atoms with Gasteiger partial charge in [0.1, 0.15) is 11.9 Å². The lowest BCUT2D eigenvalue weighted by Gasteiger charge is -2.26. The summed E-state index contributed by atoms with van der Waals surface area (Å²) in [6.07, 6.45) is 0.960. The molecule has 1 saturated heterocycles. The first kappa shape index (κ1) is 19.3. The molecule has 9 heteroatoms. The van der Waals surface area contributed by atoms with Crippen LogP contribution in [0.3, 0.4) is 0 Å². The van der Waals surface area contributed by atoms with Crippen molar-refractivity contribution in [1.82, 2.24) is 14.5 Å². The molecule has 0 aromatic carbocycles. The first-order valence-electron chi connectivity index (χ1n) is 8.75. The molecule has 0 unspecified atom stereocenters. The van der Waals surface area contributed by atoms with Crippen LogP contribution in [0.25, 0.3) is 0 Å². The summed E-state index contributed by atoms with van der Waals surface area (Å²) in [7, 11) is 0. The Balaban J connectivity index is 1.80. The van der Waals surface area contributed by atoms with Crippen LogP contribution in [0.2, 0.25) is 0 Å². The molecule has 1 amide bonds. The minimum absolute atomic E-state index is 0.192. The number of nitrogens with one attached hydrogen (secondary N) is 1. The van der Waals surface area contributed by atoms with Crippen LogP contribution < -0.4 is 5.32 Å². The zero-order valence-corrected chi connectivity index (χ0v) is 14.9. The molecule has 27 heavy (non-hydrogen) atoms. The average molecular weight is 382 g/mol. The van der Waals surface area contributed by atoms with E-state index in [4.69, 9.17) is 4.74 Å². The summed E-state index contributed by atoms with van der Waals surface area (Å²) in [4.78, 5) is 20.4. The van der Waals surface area contributed by atoms with Crippen molar-refractivity contribution in [2.45, 2.75) is 38.4 Å². The summed E-state index contributed by atoms with van der Waals surface area (Å²) in [6.45, 7) is 3.06. The van der Waals surface area contributed by atoms with Crippen molar-refractivity contribution in [1.29, 1.82) is 0 Å². The number of carbonyl (C=O) groups is 1. The van der Waals surface area contributed by atoms with E-state index in [1.54, 1.807) is 18.3 Å². The minimum Gasteiger partial charge on any atom is -0.381 e. The summed E-state index contributed by atoms with van der Waals surface area (Å²) in [5, 5.41) is 2.69. The van der Waals surface area contributed by atoms with Gasteiger partial charge < -0.3 is 14.6 Å². The Kier molecular flexibility index (Phi) is 5.79. The monoisotopic (exact) mass is 382 g/mol. The van der Waals surface area contributed by atoms with Crippen LogP contribution in [0, 0.1) is 12.8 Å². The van der Waals surface area contributed by atoms with Gasteiger partial charge >= 0.3 is 6.18 Å². The molecule has 3 rings (SSSR count). The van der Waals surface area contributed by atoms with Crippen LogP contribution >= 0.6 is 0 Å². The lowest BCUT2D eigenvalue weighted by atomic mass is 9.92. The van der Waals surface area contributed by atoms with Gasteiger partial charge in [0, 0.05) is 25.6 Å². The fourth-order valence-electron chi connectivity index (χ4n) is 3.07. The average Bonchev–Trinajstić information content (AvgIpc) is 3.12. The number of pyridine rings is 1. The van der Waals surface area contributed by atoms with E-state index in [9.17, 15) is 18.0 Å². The molecule has 1 fully saturated rings. The second-order valence-electron chi connectivity index (χ2n) is 6.72. The second kappa shape index (κ2) is 8.08. The number of aromatic nitrogens is 3. The molecule has 0 saturated carbocycles. The fraction of sp³-hybridized carbons (Fsp3) is 0.500. The molecule has 0 bridgehead atoms. The van der Waals surface area contributed by atoms with Crippen molar-refractivity contribution in [3.63, 3.8) is 0 Å². The van der Waals surface area contributed by atoms with Crippen LogP contribution in [-0.4, -0.2) is 33.7 Å². The molecule has 1 atom stereocenters. The highest BCUT2D eigenvalue weighted by molar-refractivity contribution is 5.92.